The van der Waals surface area contributed by atoms with E-state index in [4.69, 9.17) is 13.9 Å². The standard InChI is InChI=1S/C16H21NO4/c1-16(2,3)21-15(18)17-7-5-11-10-14-12(6-8-20-14)9-13(11)19-4/h6,8-10H,5,7H2,1-4H3,(H,17,18). The molecular weight excluding hydrogens is 270 g/mol. The van der Waals surface area contributed by atoms with E-state index < -0.39 is 11.7 Å². The summed E-state index contributed by atoms with van der Waals surface area (Å²) in [4.78, 5) is 11.6. The summed E-state index contributed by atoms with van der Waals surface area (Å²) in [5, 5.41) is 3.73. The number of amides is 1. The normalized spacial score (nSPS) is 11.4. The molecule has 2 rings (SSSR count). The first-order chi connectivity index (χ1) is 9.89. The Kier molecular flexibility index (Phi) is 4.40. The van der Waals surface area contributed by atoms with Crippen molar-refractivity contribution in [1.82, 2.24) is 5.32 Å². The van der Waals surface area contributed by atoms with Crippen molar-refractivity contribution in [2.24, 2.45) is 0 Å². The highest BCUT2D eigenvalue weighted by Crippen LogP contribution is 2.26. The largest absolute Gasteiger partial charge is 0.496 e. The van der Waals surface area contributed by atoms with Crippen LogP contribution >= 0.6 is 0 Å². The molecule has 1 amide bonds. The molecule has 0 aliphatic heterocycles. The second-order valence-electron chi connectivity index (χ2n) is 5.80. The van der Waals surface area contributed by atoms with Crippen LogP contribution in [0, 0.1) is 0 Å². The highest BCUT2D eigenvalue weighted by Gasteiger charge is 2.16. The average molecular weight is 291 g/mol. The van der Waals surface area contributed by atoms with Gasteiger partial charge in [0, 0.05) is 11.9 Å². The Balaban J connectivity index is 1.98. The molecule has 5 nitrogen and oxygen atoms in total. The zero-order valence-electron chi connectivity index (χ0n) is 12.9. The van der Waals surface area contributed by atoms with Crippen LogP contribution in [0.15, 0.2) is 28.9 Å². The number of rotatable bonds is 4. The molecule has 1 N–H and O–H groups in total. The molecule has 0 atom stereocenters. The van der Waals surface area contributed by atoms with E-state index in [1.807, 2.05) is 39.0 Å². The van der Waals surface area contributed by atoms with Gasteiger partial charge in [0.15, 0.2) is 0 Å². The highest BCUT2D eigenvalue weighted by molar-refractivity contribution is 5.80. The Hall–Kier alpha value is -2.17. The first-order valence-electron chi connectivity index (χ1n) is 6.90. The van der Waals surface area contributed by atoms with Crippen LogP contribution in [0.4, 0.5) is 4.79 Å². The fraction of sp³-hybridized carbons (Fsp3) is 0.438. The van der Waals surface area contributed by atoms with E-state index in [0.29, 0.717) is 13.0 Å². The summed E-state index contributed by atoms with van der Waals surface area (Å²) in [6.45, 7) is 5.97. The van der Waals surface area contributed by atoms with Gasteiger partial charge in [-0.05, 0) is 51.0 Å². The van der Waals surface area contributed by atoms with Crippen molar-refractivity contribution in [2.45, 2.75) is 32.8 Å². The summed E-state index contributed by atoms with van der Waals surface area (Å²) in [5.41, 5.74) is 1.30. The summed E-state index contributed by atoms with van der Waals surface area (Å²) in [6, 6.07) is 5.76. The lowest BCUT2D eigenvalue weighted by Crippen LogP contribution is -2.33. The van der Waals surface area contributed by atoms with Crippen LogP contribution in [-0.4, -0.2) is 25.3 Å². The van der Waals surface area contributed by atoms with E-state index in [0.717, 1.165) is 22.3 Å². The van der Waals surface area contributed by atoms with Gasteiger partial charge in [0.2, 0.25) is 0 Å². The lowest BCUT2D eigenvalue weighted by atomic mass is 10.1. The molecule has 0 bridgehead atoms. The predicted molar refractivity (Wildman–Crippen MR) is 80.7 cm³/mol. The van der Waals surface area contributed by atoms with Crippen molar-refractivity contribution < 1.29 is 18.7 Å². The minimum Gasteiger partial charge on any atom is -0.496 e. The first kappa shape index (κ1) is 15.2. The minimum absolute atomic E-state index is 0.416. The van der Waals surface area contributed by atoms with E-state index in [-0.39, 0.29) is 0 Å². The predicted octanol–water partition coefficient (Wildman–Crippen LogP) is 3.51. The Bertz CT molecular complexity index is 625. The molecule has 1 heterocycles. The van der Waals surface area contributed by atoms with Gasteiger partial charge in [-0.25, -0.2) is 4.79 Å². The second kappa shape index (κ2) is 6.08. The number of hydrogen-bond donors (Lipinski definition) is 1. The highest BCUT2D eigenvalue weighted by atomic mass is 16.6. The third-order valence-corrected chi connectivity index (χ3v) is 2.92. The van der Waals surface area contributed by atoms with Crippen molar-refractivity contribution in [3.63, 3.8) is 0 Å². The Morgan fingerprint density at radius 2 is 2.10 bits per heavy atom. The van der Waals surface area contributed by atoms with Crippen LogP contribution in [0.2, 0.25) is 0 Å². The van der Waals surface area contributed by atoms with Gasteiger partial charge in [0.25, 0.3) is 0 Å². The van der Waals surface area contributed by atoms with E-state index in [9.17, 15) is 4.79 Å². The van der Waals surface area contributed by atoms with E-state index in [1.165, 1.54) is 0 Å². The molecule has 5 heteroatoms. The molecule has 21 heavy (non-hydrogen) atoms. The molecule has 0 saturated carbocycles. The maximum Gasteiger partial charge on any atom is 0.407 e. The van der Waals surface area contributed by atoms with Crippen molar-refractivity contribution in [3.05, 3.63) is 30.0 Å². The maximum atomic E-state index is 11.6. The van der Waals surface area contributed by atoms with Gasteiger partial charge < -0.3 is 19.2 Å². The monoisotopic (exact) mass is 291 g/mol. The number of benzene rings is 1. The molecule has 0 spiro atoms. The fourth-order valence-electron chi connectivity index (χ4n) is 2.03. The first-order valence-corrected chi connectivity index (χ1v) is 6.90. The number of fused-ring (bicyclic) bond motifs is 1. The summed E-state index contributed by atoms with van der Waals surface area (Å²) < 4.78 is 15.9. The molecule has 0 radical (unpaired) electrons. The summed E-state index contributed by atoms with van der Waals surface area (Å²) >= 11 is 0. The molecular formula is C16H21NO4. The number of hydrogen-bond acceptors (Lipinski definition) is 4. The van der Waals surface area contributed by atoms with Crippen LogP contribution in [0.1, 0.15) is 26.3 Å². The lowest BCUT2D eigenvalue weighted by molar-refractivity contribution is 0.0528. The number of carbonyl (C=O) groups excluding carboxylic acids is 1. The number of alkyl carbamates (subject to hydrolysis) is 1. The van der Waals surface area contributed by atoms with E-state index in [1.54, 1.807) is 13.4 Å². The molecule has 0 aliphatic rings. The van der Waals surface area contributed by atoms with Gasteiger partial charge in [-0.3, -0.25) is 0 Å². The average Bonchev–Trinajstić information content (AvgIpc) is 2.82. The topological polar surface area (TPSA) is 60.7 Å². The number of nitrogens with one attached hydrogen (secondary N) is 1. The Morgan fingerprint density at radius 1 is 1.33 bits per heavy atom. The summed E-state index contributed by atoms with van der Waals surface area (Å²) in [7, 11) is 1.63. The van der Waals surface area contributed by atoms with Gasteiger partial charge in [0.1, 0.15) is 16.9 Å². The summed E-state index contributed by atoms with van der Waals surface area (Å²) in [6.07, 6.45) is 1.87. The second-order valence-corrected chi connectivity index (χ2v) is 5.80. The summed E-state index contributed by atoms with van der Waals surface area (Å²) in [5.74, 6) is 0.787. The number of ether oxygens (including phenoxy) is 2. The minimum atomic E-state index is -0.491. The van der Waals surface area contributed by atoms with Crippen molar-refractivity contribution in [2.75, 3.05) is 13.7 Å². The van der Waals surface area contributed by atoms with E-state index in [2.05, 4.69) is 5.32 Å². The van der Waals surface area contributed by atoms with Crippen LogP contribution in [0.25, 0.3) is 11.0 Å². The van der Waals surface area contributed by atoms with E-state index >= 15 is 0 Å². The van der Waals surface area contributed by atoms with Crippen LogP contribution in [-0.2, 0) is 11.2 Å². The molecule has 0 saturated heterocycles. The third kappa shape index (κ3) is 4.15. The molecule has 114 valence electrons. The Morgan fingerprint density at radius 3 is 2.76 bits per heavy atom. The lowest BCUT2D eigenvalue weighted by Gasteiger charge is -2.19. The molecule has 0 aliphatic carbocycles. The van der Waals surface area contributed by atoms with Crippen LogP contribution in [0.3, 0.4) is 0 Å². The smallest absolute Gasteiger partial charge is 0.407 e. The van der Waals surface area contributed by atoms with Crippen LogP contribution < -0.4 is 10.1 Å². The molecule has 1 aromatic carbocycles. The quantitative estimate of drug-likeness (QED) is 0.936. The molecule has 2 aromatic rings. The van der Waals surface area contributed by atoms with Crippen molar-refractivity contribution in [3.8, 4) is 5.75 Å². The van der Waals surface area contributed by atoms with Crippen LogP contribution in [0.5, 0.6) is 5.75 Å². The Labute approximate surface area is 124 Å². The molecule has 0 unspecified atom stereocenters. The van der Waals surface area contributed by atoms with Gasteiger partial charge in [0.05, 0.1) is 13.4 Å². The van der Waals surface area contributed by atoms with Gasteiger partial charge in [-0.1, -0.05) is 0 Å². The maximum absolute atomic E-state index is 11.6. The number of methoxy groups -OCH3 is 1. The number of carbonyl (C=O) groups is 1. The van der Waals surface area contributed by atoms with Gasteiger partial charge in [-0.2, -0.15) is 0 Å². The zero-order chi connectivity index (χ0) is 15.5. The fourth-order valence-corrected chi connectivity index (χ4v) is 2.03. The number of furan rings is 1. The SMILES string of the molecule is COc1cc2ccoc2cc1CCNC(=O)OC(C)(C)C. The van der Waals surface area contributed by atoms with Crippen molar-refractivity contribution >= 4 is 17.1 Å². The zero-order valence-corrected chi connectivity index (χ0v) is 12.9. The van der Waals surface area contributed by atoms with Gasteiger partial charge >= 0.3 is 6.09 Å². The third-order valence-electron chi connectivity index (χ3n) is 2.92. The van der Waals surface area contributed by atoms with Gasteiger partial charge in [-0.15, -0.1) is 0 Å². The molecule has 0 fully saturated rings. The van der Waals surface area contributed by atoms with Crippen molar-refractivity contribution in [1.29, 1.82) is 0 Å². The molecule has 1 aromatic heterocycles.